The van der Waals surface area contributed by atoms with Crippen LogP contribution in [-0.4, -0.2) is 51.1 Å². The number of anilines is 1. The van der Waals surface area contributed by atoms with Crippen LogP contribution >= 0.6 is 0 Å². The number of allylic oxidation sites excluding steroid dienone is 4. The summed E-state index contributed by atoms with van der Waals surface area (Å²) < 4.78 is 0. The molecule has 1 fully saturated rings. The van der Waals surface area contributed by atoms with Crippen LogP contribution < -0.4 is 10.2 Å². The first-order chi connectivity index (χ1) is 18.0. The van der Waals surface area contributed by atoms with Crippen molar-refractivity contribution in [3.8, 4) is 11.4 Å². The molecule has 1 unspecified atom stereocenters. The van der Waals surface area contributed by atoms with Gasteiger partial charge in [0.25, 0.3) is 0 Å². The van der Waals surface area contributed by atoms with Gasteiger partial charge in [-0.25, -0.2) is 15.0 Å². The highest BCUT2D eigenvalue weighted by molar-refractivity contribution is 6.13. The zero-order chi connectivity index (χ0) is 25.1. The van der Waals surface area contributed by atoms with Crippen molar-refractivity contribution in [1.29, 1.82) is 0 Å². The number of para-hydroxylation sites is 1. The highest BCUT2D eigenvalue weighted by Gasteiger charge is 2.36. The second kappa shape index (κ2) is 8.21. The van der Waals surface area contributed by atoms with Crippen LogP contribution in [0.1, 0.15) is 25.8 Å². The Morgan fingerprint density at radius 2 is 1.89 bits per heavy atom. The van der Waals surface area contributed by atoms with Gasteiger partial charge in [0.15, 0.2) is 5.82 Å². The van der Waals surface area contributed by atoms with E-state index in [9.17, 15) is 0 Å². The molecule has 1 atom stereocenters. The van der Waals surface area contributed by atoms with E-state index in [2.05, 4.69) is 82.5 Å². The Hall–Kier alpha value is -4.10. The molecule has 5 heterocycles. The van der Waals surface area contributed by atoms with E-state index in [-0.39, 0.29) is 5.41 Å². The summed E-state index contributed by atoms with van der Waals surface area (Å²) in [5.74, 6) is 1.64. The Kier molecular flexibility index (Phi) is 4.91. The Morgan fingerprint density at radius 1 is 1.03 bits per heavy atom. The number of fused-ring (bicyclic) bond motifs is 4. The highest BCUT2D eigenvalue weighted by Crippen LogP contribution is 2.40. The van der Waals surface area contributed by atoms with Gasteiger partial charge >= 0.3 is 0 Å². The fourth-order valence-corrected chi connectivity index (χ4v) is 6.01. The predicted octanol–water partition coefficient (Wildman–Crippen LogP) is 5.50. The molecular weight excluding hydrogens is 458 g/mol. The lowest BCUT2D eigenvalue weighted by atomic mass is 9.79. The monoisotopic (exact) mass is 487 g/mol. The van der Waals surface area contributed by atoms with Crippen LogP contribution in [0, 0.1) is 5.41 Å². The van der Waals surface area contributed by atoms with Crippen molar-refractivity contribution in [2.75, 3.05) is 25.0 Å². The summed E-state index contributed by atoms with van der Waals surface area (Å²) in [5.41, 5.74) is 6.05. The average Bonchev–Trinajstić information content (AvgIpc) is 3.25. The first-order valence-electron chi connectivity index (χ1n) is 12.8. The van der Waals surface area contributed by atoms with Crippen LogP contribution in [0.15, 0.2) is 67.2 Å². The second-order valence-electron chi connectivity index (χ2n) is 10.8. The number of piperidine rings is 1. The highest BCUT2D eigenvalue weighted by atomic mass is 15.2. The van der Waals surface area contributed by atoms with Gasteiger partial charge in [0.1, 0.15) is 11.5 Å². The van der Waals surface area contributed by atoms with E-state index in [1.807, 2.05) is 30.7 Å². The van der Waals surface area contributed by atoms with Crippen molar-refractivity contribution in [1.82, 2.24) is 30.2 Å². The molecule has 4 aromatic heterocycles. The first kappa shape index (κ1) is 22.1. The number of nitrogens with zero attached hydrogens (tertiary/aromatic N) is 5. The molecule has 1 saturated heterocycles. The van der Waals surface area contributed by atoms with Crippen LogP contribution in [0.4, 0.5) is 5.82 Å². The van der Waals surface area contributed by atoms with Crippen molar-refractivity contribution in [2.24, 2.45) is 5.41 Å². The minimum atomic E-state index is 0.0913. The zero-order valence-electron chi connectivity index (χ0n) is 21.3. The van der Waals surface area contributed by atoms with E-state index in [1.54, 1.807) is 0 Å². The van der Waals surface area contributed by atoms with Crippen molar-refractivity contribution < 1.29 is 0 Å². The molecule has 2 N–H and O–H groups in total. The summed E-state index contributed by atoms with van der Waals surface area (Å²) in [6, 6.07) is 10.7. The molecule has 1 aliphatic heterocycles. The number of benzene rings is 1. The Morgan fingerprint density at radius 3 is 2.70 bits per heavy atom. The SMILES string of the molecule is CN(c1nc(-c2ccnc3[nH]c4ccccc4c23)nc2cncc(C3=CC=C3)c12)C1CCNCC1(C)C. The Bertz CT molecular complexity index is 1740. The Labute approximate surface area is 215 Å². The van der Waals surface area contributed by atoms with E-state index in [0.717, 1.165) is 74.9 Å². The fourth-order valence-electron chi connectivity index (χ4n) is 6.01. The average molecular weight is 488 g/mol. The van der Waals surface area contributed by atoms with Crippen molar-refractivity contribution >= 4 is 44.2 Å². The number of rotatable bonds is 4. The van der Waals surface area contributed by atoms with Crippen LogP contribution in [0.2, 0.25) is 0 Å². The van der Waals surface area contributed by atoms with Crippen LogP contribution in [0.25, 0.3) is 49.8 Å². The number of aromatic nitrogens is 5. The quantitative estimate of drug-likeness (QED) is 0.348. The maximum absolute atomic E-state index is 5.32. The molecule has 0 spiro atoms. The van der Waals surface area contributed by atoms with Gasteiger partial charge in [-0.3, -0.25) is 4.98 Å². The third kappa shape index (κ3) is 3.45. The molecule has 2 aliphatic rings. The number of nitrogens with one attached hydrogen (secondary N) is 2. The maximum atomic E-state index is 5.32. The smallest absolute Gasteiger partial charge is 0.163 e. The summed E-state index contributed by atoms with van der Waals surface area (Å²) in [6.45, 7) is 6.64. The molecule has 5 aromatic rings. The number of hydrogen-bond donors (Lipinski definition) is 2. The molecule has 0 amide bonds. The van der Waals surface area contributed by atoms with Gasteiger partial charge < -0.3 is 15.2 Å². The van der Waals surface area contributed by atoms with Crippen molar-refractivity contribution in [3.63, 3.8) is 0 Å². The van der Waals surface area contributed by atoms with Crippen LogP contribution in [-0.2, 0) is 0 Å². The number of pyridine rings is 2. The largest absolute Gasteiger partial charge is 0.355 e. The van der Waals surface area contributed by atoms with Crippen LogP contribution in [0.5, 0.6) is 0 Å². The molecule has 1 aliphatic carbocycles. The lowest BCUT2D eigenvalue weighted by Gasteiger charge is -2.45. The molecule has 0 saturated carbocycles. The summed E-state index contributed by atoms with van der Waals surface area (Å²) in [6.07, 6.45) is 13.0. The third-order valence-corrected chi connectivity index (χ3v) is 7.97. The molecule has 7 heteroatoms. The lowest BCUT2D eigenvalue weighted by molar-refractivity contribution is 0.215. The predicted molar refractivity (Wildman–Crippen MR) is 151 cm³/mol. The minimum Gasteiger partial charge on any atom is -0.355 e. The Balaban J connectivity index is 1.50. The molecule has 7 rings (SSSR count). The standard InChI is InChI=1S/C30H29N7/c1-30(2)17-31-13-12-24(30)37(3)29-26-21(18-7-6-8-18)15-32-16-23(26)35-27(36-29)20-11-14-33-28-25(20)19-9-4-5-10-22(19)34-28/h4-11,14-16,24,31H,12-13,17H2,1-3H3,(H,33,34). The summed E-state index contributed by atoms with van der Waals surface area (Å²) in [7, 11) is 2.19. The van der Waals surface area contributed by atoms with Gasteiger partial charge in [0, 0.05) is 59.4 Å². The molecule has 0 bridgehead atoms. The number of H-pyrrole nitrogens is 1. The third-order valence-electron chi connectivity index (χ3n) is 7.97. The first-order valence-corrected chi connectivity index (χ1v) is 12.8. The molecule has 184 valence electrons. The number of hydrogen-bond acceptors (Lipinski definition) is 6. The van der Waals surface area contributed by atoms with Crippen molar-refractivity contribution in [3.05, 3.63) is 72.7 Å². The van der Waals surface area contributed by atoms with Crippen LogP contribution in [0.3, 0.4) is 0 Å². The van der Waals surface area contributed by atoms with E-state index in [1.165, 1.54) is 0 Å². The van der Waals surface area contributed by atoms with Gasteiger partial charge in [0.05, 0.1) is 17.1 Å². The molecular formula is C30H29N7. The lowest BCUT2D eigenvalue weighted by Crippen LogP contribution is -2.53. The zero-order valence-corrected chi connectivity index (χ0v) is 21.3. The van der Waals surface area contributed by atoms with Gasteiger partial charge in [-0.05, 0) is 36.1 Å². The summed E-state index contributed by atoms with van der Waals surface area (Å²) in [4.78, 5) is 25.5. The van der Waals surface area contributed by atoms with Crippen molar-refractivity contribution in [2.45, 2.75) is 26.3 Å². The molecule has 1 aromatic carbocycles. The number of aromatic amines is 1. The summed E-state index contributed by atoms with van der Waals surface area (Å²) in [5, 5.41) is 6.79. The topological polar surface area (TPSA) is 82.6 Å². The molecule has 37 heavy (non-hydrogen) atoms. The molecule has 7 nitrogen and oxygen atoms in total. The van der Waals surface area contributed by atoms with E-state index < -0.39 is 0 Å². The van der Waals surface area contributed by atoms with E-state index >= 15 is 0 Å². The van der Waals surface area contributed by atoms with Gasteiger partial charge in [0.2, 0.25) is 0 Å². The summed E-state index contributed by atoms with van der Waals surface area (Å²) >= 11 is 0. The normalized spacial score (nSPS) is 18.8. The van der Waals surface area contributed by atoms with Gasteiger partial charge in [-0.15, -0.1) is 0 Å². The minimum absolute atomic E-state index is 0.0913. The van der Waals surface area contributed by atoms with Gasteiger partial charge in [-0.2, -0.15) is 0 Å². The fraction of sp³-hybridized carbons (Fsp3) is 0.267. The van der Waals surface area contributed by atoms with E-state index in [0.29, 0.717) is 11.9 Å². The molecule has 0 radical (unpaired) electrons. The maximum Gasteiger partial charge on any atom is 0.163 e. The van der Waals surface area contributed by atoms with E-state index in [4.69, 9.17) is 9.97 Å². The second-order valence-corrected chi connectivity index (χ2v) is 10.8. The van der Waals surface area contributed by atoms with Gasteiger partial charge in [-0.1, -0.05) is 50.3 Å².